The molecule has 0 fully saturated rings. The number of nitrogens with one attached hydrogen (secondary N) is 1. The van der Waals surface area contributed by atoms with Gasteiger partial charge in [-0.1, -0.05) is 31.5 Å². The lowest BCUT2D eigenvalue weighted by Gasteiger charge is -2.28. The van der Waals surface area contributed by atoms with Crippen LogP contribution in [0.5, 0.6) is 0 Å². The normalized spacial score (nSPS) is 12.7. The Bertz CT molecular complexity index is 540. The number of sulfonamides is 1. The zero-order chi connectivity index (χ0) is 14.7. The number of halogens is 1. The summed E-state index contributed by atoms with van der Waals surface area (Å²) in [5.41, 5.74) is 5.80. The van der Waals surface area contributed by atoms with Crippen molar-refractivity contribution in [2.24, 2.45) is 5.73 Å². The lowest BCUT2D eigenvalue weighted by Crippen LogP contribution is -2.44. The summed E-state index contributed by atoms with van der Waals surface area (Å²) in [6.45, 7) is 6.05. The molecule has 0 saturated carbocycles. The molecule has 3 N–H and O–H groups in total. The molecule has 108 valence electrons. The Morgan fingerprint density at radius 1 is 1.32 bits per heavy atom. The maximum Gasteiger partial charge on any atom is 0.242 e. The predicted molar refractivity (Wildman–Crippen MR) is 78.7 cm³/mol. The summed E-state index contributed by atoms with van der Waals surface area (Å²) in [7, 11) is -3.64. The summed E-state index contributed by atoms with van der Waals surface area (Å²) in [5.74, 6) is 0. The van der Waals surface area contributed by atoms with E-state index in [2.05, 4.69) is 4.72 Å². The van der Waals surface area contributed by atoms with Gasteiger partial charge in [-0.15, -0.1) is 0 Å². The number of hydrogen-bond acceptors (Lipinski definition) is 3. The second-order valence-corrected chi connectivity index (χ2v) is 6.90. The lowest BCUT2D eigenvalue weighted by molar-refractivity contribution is 0.388. The van der Waals surface area contributed by atoms with Crippen LogP contribution in [-0.2, 0) is 16.6 Å². The lowest BCUT2D eigenvalue weighted by atomic mass is 9.98. The third-order valence-electron chi connectivity index (χ3n) is 3.46. The smallest absolute Gasteiger partial charge is 0.242 e. The Hall–Kier alpha value is -0.620. The van der Waals surface area contributed by atoms with Crippen LogP contribution in [0, 0.1) is 0 Å². The van der Waals surface area contributed by atoms with Gasteiger partial charge in [0.2, 0.25) is 10.0 Å². The number of rotatable bonds is 6. The molecule has 0 aliphatic carbocycles. The average molecular weight is 305 g/mol. The van der Waals surface area contributed by atoms with E-state index in [0.717, 1.165) is 5.56 Å². The molecule has 0 radical (unpaired) electrons. The molecule has 0 unspecified atom stereocenters. The van der Waals surface area contributed by atoms with Crippen molar-refractivity contribution < 1.29 is 8.42 Å². The van der Waals surface area contributed by atoms with Gasteiger partial charge < -0.3 is 5.73 Å². The highest BCUT2D eigenvalue weighted by Gasteiger charge is 2.28. The SMILES string of the molecule is CCC(C)(CC)NS(=O)(=O)c1cc(CN)ccc1Cl. The summed E-state index contributed by atoms with van der Waals surface area (Å²) in [6, 6.07) is 4.81. The Kier molecular flexibility index (Phi) is 5.38. The molecule has 0 aliphatic heterocycles. The monoisotopic (exact) mass is 304 g/mol. The van der Waals surface area contributed by atoms with Crippen LogP contribution in [0.4, 0.5) is 0 Å². The van der Waals surface area contributed by atoms with E-state index in [-0.39, 0.29) is 16.5 Å². The molecule has 0 aromatic heterocycles. The molecule has 0 bridgehead atoms. The second-order valence-electron chi connectivity index (χ2n) is 4.84. The van der Waals surface area contributed by atoms with E-state index in [1.807, 2.05) is 20.8 Å². The highest BCUT2D eigenvalue weighted by Crippen LogP contribution is 2.25. The van der Waals surface area contributed by atoms with E-state index < -0.39 is 15.6 Å². The van der Waals surface area contributed by atoms with Gasteiger partial charge >= 0.3 is 0 Å². The average Bonchev–Trinajstić information content (AvgIpc) is 2.38. The van der Waals surface area contributed by atoms with E-state index in [9.17, 15) is 8.42 Å². The summed E-state index contributed by atoms with van der Waals surface area (Å²) >= 11 is 5.99. The van der Waals surface area contributed by atoms with Gasteiger partial charge in [0, 0.05) is 12.1 Å². The molecule has 0 amide bonds. The molecule has 0 saturated heterocycles. The molecular formula is C13H21ClN2O2S. The minimum absolute atomic E-state index is 0.0882. The van der Waals surface area contributed by atoms with Gasteiger partial charge in [0.05, 0.1) is 5.02 Å². The van der Waals surface area contributed by atoms with Gasteiger partial charge in [-0.3, -0.25) is 0 Å². The molecule has 4 nitrogen and oxygen atoms in total. The van der Waals surface area contributed by atoms with Crippen LogP contribution in [0.2, 0.25) is 5.02 Å². The van der Waals surface area contributed by atoms with Crippen LogP contribution >= 0.6 is 11.6 Å². The van der Waals surface area contributed by atoms with Crippen LogP contribution < -0.4 is 10.5 Å². The number of nitrogens with two attached hydrogens (primary N) is 1. The van der Waals surface area contributed by atoms with Gasteiger partial charge in [-0.25, -0.2) is 13.1 Å². The highest BCUT2D eigenvalue weighted by molar-refractivity contribution is 7.89. The minimum atomic E-state index is -3.64. The van der Waals surface area contributed by atoms with E-state index in [4.69, 9.17) is 17.3 Å². The third kappa shape index (κ3) is 3.92. The summed E-state index contributed by atoms with van der Waals surface area (Å²) in [6.07, 6.45) is 1.41. The first kappa shape index (κ1) is 16.4. The van der Waals surface area contributed by atoms with Crippen molar-refractivity contribution in [3.8, 4) is 0 Å². The molecule has 1 rings (SSSR count). The summed E-state index contributed by atoms with van der Waals surface area (Å²) in [4.78, 5) is 0.0882. The molecule has 0 atom stereocenters. The Balaban J connectivity index is 3.20. The van der Waals surface area contributed by atoms with Crippen molar-refractivity contribution in [1.82, 2.24) is 4.72 Å². The zero-order valence-corrected chi connectivity index (χ0v) is 13.1. The maximum atomic E-state index is 12.4. The quantitative estimate of drug-likeness (QED) is 0.848. The molecule has 0 spiro atoms. The first-order valence-electron chi connectivity index (χ1n) is 6.30. The molecule has 6 heteroatoms. The largest absolute Gasteiger partial charge is 0.326 e. The fourth-order valence-electron chi connectivity index (χ4n) is 1.65. The van der Waals surface area contributed by atoms with Gasteiger partial charge in [0.25, 0.3) is 0 Å². The van der Waals surface area contributed by atoms with Crippen molar-refractivity contribution in [3.05, 3.63) is 28.8 Å². The summed E-state index contributed by atoms with van der Waals surface area (Å²) < 4.78 is 27.6. The minimum Gasteiger partial charge on any atom is -0.326 e. The number of benzene rings is 1. The van der Waals surface area contributed by atoms with Crippen LogP contribution in [0.25, 0.3) is 0 Å². The zero-order valence-electron chi connectivity index (χ0n) is 11.5. The molecule has 0 aliphatic rings. The first-order chi connectivity index (χ1) is 8.78. The third-order valence-corrected chi connectivity index (χ3v) is 5.58. The predicted octanol–water partition coefficient (Wildman–Crippen LogP) is 2.66. The molecular weight excluding hydrogens is 284 g/mol. The first-order valence-corrected chi connectivity index (χ1v) is 8.16. The van der Waals surface area contributed by atoms with Crippen molar-refractivity contribution in [2.45, 2.75) is 50.6 Å². The Labute approximate surface area is 120 Å². The highest BCUT2D eigenvalue weighted by atomic mass is 35.5. The maximum absolute atomic E-state index is 12.4. The molecule has 19 heavy (non-hydrogen) atoms. The Morgan fingerprint density at radius 3 is 2.37 bits per heavy atom. The topological polar surface area (TPSA) is 72.2 Å². The van der Waals surface area contributed by atoms with Gasteiger partial charge in [-0.2, -0.15) is 0 Å². The van der Waals surface area contributed by atoms with Gasteiger partial charge in [0.15, 0.2) is 0 Å². The van der Waals surface area contributed by atoms with Crippen molar-refractivity contribution >= 4 is 21.6 Å². The molecule has 1 aromatic rings. The molecule has 1 aromatic carbocycles. The number of hydrogen-bond donors (Lipinski definition) is 2. The van der Waals surface area contributed by atoms with Gasteiger partial charge in [-0.05, 0) is 37.5 Å². The van der Waals surface area contributed by atoms with E-state index in [0.29, 0.717) is 12.8 Å². The Morgan fingerprint density at radius 2 is 1.89 bits per heavy atom. The summed E-state index contributed by atoms with van der Waals surface area (Å²) in [5, 5.41) is 0.208. The van der Waals surface area contributed by atoms with Crippen LogP contribution in [0.3, 0.4) is 0 Å². The van der Waals surface area contributed by atoms with Crippen molar-refractivity contribution in [3.63, 3.8) is 0 Å². The van der Waals surface area contributed by atoms with E-state index >= 15 is 0 Å². The van der Waals surface area contributed by atoms with Crippen LogP contribution in [0.15, 0.2) is 23.1 Å². The van der Waals surface area contributed by atoms with E-state index in [1.165, 1.54) is 6.07 Å². The van der Waals surface area contributed by atoms with Crippen molar-refractivity contribution in [2.75, 3.05) is 0 Å². The second kappa shape index (κ2) is 6.22. The van der Waals surface area contributed by atoms with Crippen molar-refractivity contribution in [1.29, 1.82) is 0 Å². The van der Waals surface area contributed by atoms with Crippen LogP contribution in [0.1, 0.15) is 39.2 Å². The van der Waals surface area contributed by atoms with Crippen LogP contribution in [-0.4, -0.2) is 14.0 Å². The standard InChI is InChI=1S/C13H21ClN2O2S/c1-4-13(3,5-2)16-19(17,18)12-8-10(9-15)6-7-11(12)14/h6-8,16H,4-5,9,15H2,1-3H3. The molecule has 0 heterocycles. The van der Waals surface area contributed by atoms with Gasteiger partial charge in [0.1, 0.15) is 4.90 Å². The van der Waals surface area contributed by atoms with E-state index in [1.54, 1.807) is 12.1 Å². The fraction of sp³-hybridized carbons (Fsp3) is 0.538. The fourth-order valence-corrected chi connectivity index (χ4v) is 3.76.